The third-order valence-electron chi connectivity index (χ3n) is 2.90. The van der Waals surface area contributed by atoms with Crippen LogP contribution in [0.4, 0.5) is 0 Å². The van der Waals surface area contributed by atoms with Crippen LogP contribution in [0.1, 0.15) is 39.5 Å². The van der Waals surface area contributed by atoms with E-state index < -0.39 is 0 Å². The summed E-state index contributed by atoms with van der Waals surface area (Å²) in [5, 5.41) is 12.9. The quantitative estimate of drug-likeness (QED) is 0.705. The monoisotopic (exact) mass is 231 g/mol. The Balaban J connectivity index is 1.93. The van der Waals surface area contributed by atoms with Crippen LogP contribution in [-0.4, -0.2) is 35.3 Å². The molecule has 0 aromatic rings. The molecule has 0 amide bonds. The summed E-state index contributed by atoms with van der Waals surface area (Å²) in [4.78, 5) is 0. The number of hydrogen-bond acceptors (Lipinski definition) is 3. The van der Waals surface area contributed by atoms with E-state index in [0.717, 1.165) is 18.2 Å². The Bertz CT molecular complexity index is 158. The molecule has 1 rings (SSSR count). The van der Waals surface area contributed by atoms with Gasteiger partial charge in [0.15, 0.2) is 0 Å². The van der Waals surface area contributed by atoms with E-state index in [9.17, 15) is 5.11 Å². The third-order valence-corrected chi connectivity index (χ3v) is 4.23. The zero-order valence-corrected chi connectivity index (χ0v) is 10.9. The van der Waals surface area contributed by atoms with Gasteiger partial charge in [-0.05, 0) is 24.5 Å². The van der Waals surface area contributed by atoms with Gasteiger partial charge >= 0.3 is 0 Å². The largest absolute Gasteiger partial charge is 0.391 e. The molecule has 15 heavy (non-hydrogen) atoms. The van der Waals surface area contributed by atoms with Gasteiger partial charge in [-0.25, -0.2) is 0 Å². The van der Waals surface area contributed by atoms with Gasteiger partial charge in [-0.2, -0.15) is 11.8 Å². The van der Waals surface area contributed by atoms with Crippen molar-refractivity contribution in [2.45, 2.75) is 51.7 Å². The first kappa shape index (κ1) is 13.3. The SMILES string of the molecule is CC(C)NCC(O)CSCC1CCCC1. The molecule has 1 unspecified atom stereocenters. The number of rotatable bonds is 7. The highest BCUT2D eigenvalue weighted by Crippen LogP contribution is 2.27. The predicted molar refractivity (Wildman–Crippen MR) is 68.4 cm³/mol. The van der Waals surface area contributed by atoms with Crippen LogP contribution in [-0.2, 0) is 0 Å². The van der Waals surface area contributed by atoms with E-state index in [-0.39, 0.29) is 6.10 Å². The molecule has 1 saturated carbocycles. The fourth-order valence-electron chi connectivity index (χ4n) is 1.98. The summed E-state index contributed by atoms with van der Waals surface area (Å²) in [6.45, 7) is 4.95. The zero-order valence-electron chi connectivity index (χ0n) is 10.0. The van der Waals surface area contributed by atoms with E-state index in [1.807, 2.05) is 11.8 Å². The molecule has 0 saturated heterocycles. The molecule has 1 fully saturated rings. The van der Waals surface area contributed by atoms with Crippen LogP contribution in [0, 0.1) is 5.92 Å². The molecule has 0 spiro atoms. The first-order chi connectivity index (χ1) is 7.18. The molecular weight excluding hydrogens is 206 g/mol. The van der Waals surface area contributed by atoms with E-state index >= 15 is 0 Å². The van der Waals surface area contributed by atoms with Crippen LogP contribution < -0.4 is 5.32 Å². The van der Waals surface area contributed by atoms with Crippen LogP contribution in [0.5, 0.6) is 0 Å². The number of aliphatic hydroxyl groups excluding tert-OH is 1. The Kier molecular flexibility index (Phi) is 6.69. The Morgan fingerprint density at radius 2 is 2.00 bits per heavy atom. The first-order valence-corrected chi connectivity index (χ1v) is 7.33. The van der Waals surface area contributed by atoms with E-state index in [1.54, 1.807) is 0 Å². The summed E-state index contributed by atoms with van der Waals surface area (Å²) in [6.07, 6.45) is 5.48. The zero-order chi connectivity index (χ0) is 11.1. The molecule has 0 bridgehead atoms. The van der Waals surface area contributed by atoms with Crippen molar-refractivity contribution in [3.05, 3.63) is 0 Å². The summed E-state index contributed by atoms with van der Waals surface area (Å²) in [5.41, 5.74) is 0. The Morgan fingerprint density at radius 3 is 2.60 bits per heavy atom. The molecule has 2 N–H and O–H groups in total. The molecule has 1 aliphatic carbocycles. The molecule has 0 aromatic heterocycles. The lowest BCUT2D eigenvalue weighted by atomic mass is 10.1. The van der Waals surface area contributed by atoms with Gasteiger partial charge < -0.3 is 10.4 Å². The average Bonchev–Trinajstić information content (AvgIpc) is 2.67. The van der Waals surface area contributed by atoms with Gasteiger partial charge in [0.1, 0.15) is 0 Å². The van der Waals surface area contributed by atoms with Crippen molar-refractivity contribution in [3.8, 4) is 0 Å². The lowest BCUT2D eigenvalue weighted by molar-refractivity contribution is 0.192. The van der Waals surface area contributed by atoms with Gasteiger partial charge in [-0.15, -0.1) is 0 Å². The van der Waals surface area contributed by atoms with Crippen molar-refractivity contribution in [2.75, 3.05) is 18.1 Å². The van der Waals surface area contributed by atoms with E-state index in [0.29, 0.717) is 6.04 Å². The second-order valence-electron chi connectivity index (χ2n) is 4.90. The molecular formula is C12H25NOS. The highest BCUT2D eigenvalue weighted by molar-refractivity contribution is 7.99. The second-order valence-corrected chi connectivity index (χ2v) is 5.98. The number of hydrogen-bond donors (Lipinski definition) is 2. The van der Waals surface area contributed by atoms with Crippen LogP contribution in [0.25, 0.3) is 0 Å². The minimum absolute atomic E-state index is 0.182. The normalized spacial score (nSPS) is 20.0. The summed E-state index contributed by atoms with van der Waals surface area (Å²) in [7, 11) is 0. The first-order valence-electron chi connectivity index (χ1n) is 6.17. The lowest BCUT2D eigenvalue weighted by Crippen LogP contribution is -2.33. The average molecular weight is 231 g/mol. The topological polar surface area (TPSA) is 32.3 Å². The molecule has 90 valence electrons. The third kappa shape index (κ3) is 6.44. The van der Waals surface area contributed by atoms with E-state index in [1.165, 1.54) is 31.4 Å². The van der Waals surface area contributed by atoms with Gasteiger partial charge in [0.25, 0.3) is 0 Å². The molecule has 2 nitrogen and oxygen atoms in total. The van der Waals surface area contributed by atoms with Crippen molar-refractivity contribution in [3.63, 3.8) is 0 Å². The second kappa shape index (κ2) is 7.53. The summed E-state index contributed by atoms with van der Waals surface area (Å²) >= 11 is 1.92. The van der Waals surface area contributed by atoms with Gasteiger partial charge in [-0.3, -0.25) is 0 Å². The summed E-state index contributed by atoms with van der Waals surface area (Å²) in [5.74, 6) is 3.06. The molecule has 1 aliphatic rings. The van der Waals surface area contributed by atoms with Crippen molar-refractivity contribution >= 4 is 11.8 Å². The molecule has 3 heteroatoms. The van der Waals surface area contributed by atoms with Gasteiger partial charge in [0.05, 0.1) is 6.10 Å². The van der Waals surface area contributed by atoms with E-state index in [2.05, 4.69) is 19.2 Å². The molecule has 0 heterocycles. The summed E-state index contributed by atoms with van der Waals surface area (Å²) in [6, 6.07) is 0.472. The lowest BCUT2D eigenvalue weighted by Gasteiger charge is -2.15. The highest BCUT2D eigenvalue weighted by Gasteiger charge is 2.15. The Morgan fingerprint density at radius 1 is 1.33 bits per heavy atom. The Labute approximate surface area is 98.2 Å². The van der Waals surface area contributed by atoms with Crippen LogP contribution in [0.3, 0.4) is 0 Å². The van der Waals surface area contributed by atoms with Crippen molar-refractivity contribution in [2.24, 2.45) is 5.92 Å². The minimum Gasteiger partial charge on any atom is -0.391 e. The van der Waals surface area contributed by atoms with Crippen LogP contribution in [0.15, 0.2) is 0 Å². The number of thioether (sulfide) groups is 1. The fraction of sp³-hybridized carbons (Fsp3) is 1.00. The summed E-state index contributed by atoms with van der Waals surface area (Å²) < 4.78 is 0. The number of nitrogens with one attached hydrogen (secondary N) is 1. The van der Waals surface area contributed by atoms with Crippen molar-refractivity contribution < 1.29 is 5.11 Å². The molecule has 0 aliphatic heterocycles. The molecule has 0 aromatic carbocycles. The predicted octanol–water partition coefficient (Wildman–Crippen LogP) is 2.27. The minimum atomic E-state index is -0.182. The van der Waals surface area contributed by atoms with Gasteiger partial charge in [0, 0.05) is 18.3 Å². The molecule has 1 atom stereocenters. The standard InChI is InChI=1S/C12H25NOS/c1-10(2)13-7-12(14)9-15-8-11-5-3-4-6-11/h10-14H,3-9H2,1-2H3. The molecule has 0 radical (unpaired) electrons. The fourth-order valence-corrected chi connectivity index (χ4v) is 3.17. The van der Waals surface area contributed by atoms with E-state index in [4.69, 9.17) is 0 Å². The maximum Gasteiger partial charge on any atom is 0.0754 e. The number of aliphatic hydroxyl groups is 1. The van der Waals surface area contributed by atoms with Crippen LogP contribution in [0.2, 0.25) is 0 Å². The Hall–Kier alpha value is 0.270. The smallest absolute Gasteiger partial charge is 0.0754 e. The maximum atomic E-state index is 9.69. The van der Waals surface area contributed by atoms with Crippen molar-refractivity contribution in [1.29, 1.82) is 0 Å². The van der Waals surface area contributed by atoms with Crippen molar-refractivity contribution in [1.82, 2.24) is 5.32 Å². The highest BCUT2D eigenvalue weighted by atomic mass is 32.2. The van der Waals surface area contributed by atoms with Gasteiger partial charge in [0.2, 0.25) is 0 Å². The maximum absolute atomic E-state index is 9.69. The van der Waals surface area contributed by atoms with Crippen LogP contribution >= 0.6 is 11.8 Å². The van der Waals surface area contributed by atoms with Gasteiger partial charge in [-0.1, -0.05) is 26.7 Å².